The van der Waals surface area contributed by atoms with E-state index in [-0.39, 0.29) is 0 Å². The molecule has 1 aliphatic carbocycles. The molecule has 1 aromatic rings. The third-order valence-corrected chi connectivity index (χ3v) is 4.90. The van der Waals surface area contributed by atoms with E-state index in [9.17, 15) is 0 Å². The summed E-state index contributed by atoms with van der Waals surface area (Å²) in [4.78, 5) is 0. The van der Waals surface area contributed by atoms with Crippen LogP contribution in [0.3, 0.4) is 0 Å². The van der Waals surface area contributed by atoms with Gasteiger partial charge in [0, 0.05) is 18.8 Å². The molecule has 20 heavy (non-hydrogen) atoms. The van der Waals surface area contributed by atoms with Gasteiger partial charge in [0.05, 0.1) is 24.5 Å². The molecule has 4 heteroatoms. The summed E-state index contributed by atoms with van der Waals surface area (Å²) in [7, 11) is 0. The van der Waals surface area contributed by atoms with Crippen molar-refractivity contribution in [3.8, 4) is 0 Å². The van der Waals surface area contributed by atoms with Crippen molar-refractivity contribution < 1.29 is 4.74 Å². The minimum absolute atomic E-state index is 0.355. The monoisotopic (exact) mass is 277 g/mol. The van der Waals surface area contributed by atoms with Crippen LogP contribution in [-0.4, -0.2) is 28.5 Å². The van der Waals surface area contributed by atoms with Gasteiger partial charge in [-0.25, -0.2) is 0 Å². The number of nitrogens with zero attached hydrogens (tertiary/aromatic N) is 2. The van der Waals surface area contributed by atoms with Gasteiger partial charge in [-0.2, -0.15) is 5.10 Å². The second kappa shape index (κ2) is 5.76. The van der Waals surface area contributed by atoms with E-state index in [0.29, 0.717) is 17.6 Å². The molecular weight excluding hydrogens is 250 g/mol. The molecule has 3 rings (SSSR count). The molecule has 2 heterocycles. The third-order valence-electron chi connectivity index (χ3n) is 4.90. The number of hydrogen-bond acceptors (Lipinski definition) is 3. The van der Waals surface area contributed by atoms with Gasteiger partial charge in [0.2, 0.25) is 0 Å². The highest BCUT2D eigenvalue weighted by Crippen LogP contribution is 2.37. The molecule has 1 aliphatic heterocycles. The Labute approximate surface area is 121 Å². The normalized spacial score (nSPS) is 29.5. The van der Waals surface area contributed by atoms with Crippen LogP contribution in [0.15, 0.2) is 12.4 Å². The number of anilines is 1. The molecular formula is C16H27N3O. The van der Waals surface area contributed by atoms with Crippen LogP contribution in [-0.2, 0) is 11.3 Å². The summed E-state index contributed by atoms with van der Waals surface area (Å²) in [6.07, 6.45) is 12.1. The van der Waals surface area contributed by atoms with Crippen LogP contribution in [0.25, 0.3) is 0 Å². The van der Waals surface area contributed by atoms with Gasteiger partial charge in [0.15, 0.2) is 0 Å². The standard InChI is InChI=1S/C16H27N3O/c1-16(2)8-4-3-7-15(16)18-13-10-17-19(11-13)12-14-6-5-9-20-14/h10-11,14-15,18H,3-9,12H2,1-2H3. The molecule has 1 saturated heterocycles. The number of nitrogens with one attached hydrogen (secondary N) is 1. The van der Waals surface area contributed by atoms with E-state index in [1.54, 1.807) is 0 Å². The first kappa shape index (κ1) is 13.9. The summed E-state index contributed by atoms with van der Waals surface area (Å²) >= 11 is 0. The van der Waals surface area contributed by atoms with Crippen LogP contribution in [0, 0.1) is 5.41 Å². The van der Waals surface area contributed by atoms with E-state index in [1.165, 1.54) is 32.1 Å². The smallest absolute Gasteiger partial charge is 0.0771 e. The third kappa shape index (κ3) is 3.17. The van der Waals surface area contributed by atoms with Crippen molar-refractivity contribution in [3.63, 3.8) is 0 Å². The molecule has 0 bridgehead atoms. The molecule has 1 saturated carbocycles. The van der Waals surface area contributed by atoms with Crippen molar-refractivity contribution >= 4 is 5.69 Å². The first-order valence-electron chi connectivity index (χ1n) is 8.04. The maximum Gasteiger partial charge on any atom is 0.0771 e. The van der Waals surface area contributed by atoms with Crippen molar-refractivity contribution in [2.24, 2.45) is 5.41 Å². The molecule has 2 aliphatic rings. The van der Waals surface area contributed by atoms with Crippen molar-refractivity contribution in [1.82, 2.24) is 9.78 Å². The van der Waals surface area contributed by atoms with Crippen molar-refractivity contribution in [2.75, 3.05) is 11.9 Å². The summed E-state index contributed by atoms with van der Waals surface area (Å²) in [5.74, 6) is 0. The largest absolute Gasteiger partial charge is 0.379 e. The van der Waals surface area contributed by atoms with Crippen molar-refractivity contribution in [1.29, 1.82) is 0 Å². The fourth-order valence-corrected chi connectivity index (χ4v) is 3.50. The molecule has 2 atom stereocenters. The summed E-state index contributed by atoms with van der Waals surface area (Å²) in [5, 5.41) is 8.16. The van der Waals surface area contributed by atoms with Crippen LogP contribution in [0.2, 0.25) is 0 Å². The highest BCUT2D eigenvalue weighted by Gasteiger charge is 2.32. The van der Waals surface area contributed by atoms with Gasteiger partial charge in [0.25, 0.3) is 0 Å². The Kier molecular flexibility index (Phi) is 4.01. The lowest BCUT2D eigenvalue weighted by Crippen LogP contribution is -2.38. The second-order valence-electron chi connectivity index (χ2n) is 7.02. The second-order valence-corrected chi connectivity index (χ2v) is 7.02. The predicted octanol–water partition coefficient (Wildman–Crippen LogP) is 3.44. The lowest BCUT2D eigenvalue weighted by molar-refractivity contribution is 0.0940. The zero-order chi connectivity index (χ0) is 14.0. The zero-order valence-corrected chi connectivity index (χ0v) is 12.8. The summed E-state index contributed by atoms with van der Waals surface area (Å²) in [5.41, 5.74) is 1.54. The quantitative estimate of drug-likeness (QED) is 0.916. The number of aromatic nitrogens is 2. The van der Waals surface area contributed by atoms with Crippen molar-refractivity contribution in [3.05, 3.63) is 12.4 Å². The molecule has 112 valence electrons. The Balaban J connectivity index is 1.58. The van der Waals surface area contributed by atoms with Crippen LogP contribution in [0.5, 0.6) is 0 Å². The fourth-order valence-electron chi connectivity index (χ4n) is 3.50. The van der Waals surface area contributed by atoms with Crippen LogP contribution in [0.4, 0.5) is 5.69 Å². The number of rotatable bonds is 4. The molecule has 0 amide bonds. The molecule has 2 unspecified atom stereocenters. The minimum atomic E-state index is 0.355. The molecule has 1 N–H and O–H groups in total. The van der Waals surface area contributed by atoms with Gasteiger partial charge < -0.3 is 10.1 Å². The average molecular weight is 277 g/mol. The minimum Gasteiger partial charge on any atom is -0.379 e. The van der Waals surface area contributed by atoms with Gasteiger partial charge in [-0.1, -0.05) is 26.7 Å². The highest BCUT2D eigenvalue weighted by molar-refractivity contribution is 5.40. The summed E-state index contributed by atoms with van der Waals surface area (Å²) in [6.45, 7) is 6.55. The first-order chi connectivity index (χ1) is 9.63. The Morgan fingerprint density at radius 2 is 2.25 bits per heavy atom. The lowest BCUT2D eigenvalue weighted by atomic mass is 9.73. The number of ether oxygens (including phenoxy) is 1. The maximum atomic E-state index is 5.67. The van der Waals surface area contributed by atoms with Gasteiger partial charge in [-0.15, -0.1) is 0 Å². The fraction of sp³-hybridized carbons (Fsp3) is 0.812. The van der Waals surface area contributed by atoms with Gasteiger partial charge in [-0.05, 0) is 31.1 Å². The molecule has 0 aromatic carbocycles. The van der Waals surface area contributed by atoms with Crippen LogP contribution >= 0.6 is 0 Å². The molecule has 4 nitrogen and oxygen atoms in total. The number of hydrogen-bond donors (Lipinski definition) is 1. The Hall–Kier alpha value is -1.03. The lowest BCUT2D eigenvalue weighted by Gasteiger charge is -2.39. The Bertz CT molecular complexity index is 435. The summed E-state index contributed by atoms with van der Waals surface area (Å²) < 4.78 is 7.69. The first-order valence-corrected chi connectivity index (χ1v) is 8.04. The van der Waals surface area contributed by atoms with Gasteiger partial charge >= 0.3 is 0 Å². The van der Waals surface area contributed by atoms with Gasteiger partial charge in [0.1, 0.15) is 0 Å². The molecule has 0 spiro atoms. The van der Waals surface area contributed by atoms with E-state index in [2.05, 4.69) is 30.5 Å². The highest BCUT2D eigenvalue weighted by atomic mass is 16.5. The van der Waals surface area contributed by atoms with Gasteiger partial charge in [-0.3, -0.25) is 4.68 Å². The van der Waals surface area contributed by atoms with E-state index in [4.69, 9.17) is 4.74 Å². The maximum absolute atomic E-state index is 5.67. The zero-order valence-electron chi connectivity index (χ0n) is 12.8. The Morgan fingerprint density at radius 1 is 1.35 bits per heavy atom. The van der Waals surface area contributed by atoms with E-state index >= 15 is 0 Å². The van der Waals surface area contributed by atoms with E-state index in [1.807, 2.05) is 10.9 Å². The molecule has 0 radical (unpaired) electrons. The summed E-state index contributed by atoms with van der Waals surface area (Å²) in [6, 6.07) is 0.566. The van der Waals surface area contributed by atoms with E-state index in [0.717, 1.165) is 25.3 Å². The molecule has 2 fully saturated rings. The molecule has 1 aromatic heterocycles. The van der Waals surface area contributed by atoms with Crippen molar-refractivity contribution in [2.45, 2.75) is 71.1 Å². The SMILES string of the molecule is CC1(C)CCCCC1Nc1cnn(CC2CCCO2)c1. The Morgan fingerprint density at radius 3 is 3.00 bits per heavy atom. The predicted molar refractivity (Wildman–Crippen MR) is 80.9 cm³/mol. The van der Waals surface area contributed by atoms with Crippen LogP contribution in [0.1, 0.15) is 52.4 Å². The average Bonchev–Trinajstić information content (AvgIpc) is 3.05. The van der Waals surface area contributed by atoms with E-state index < -0.39 is 0 Å². The van der Waals surface area contributed by atoms with Crippen LogP contribution < -0.4 is 5.32 Å². The topological polar surface area (TPSA) is 39.1 Å².